The van der Waals surface area contributed by atoms with E-state index in [0.29, 0.717) is 11.5 Å². The van der Waals surface area contributed by atoms with Crippen LogP contribution in [0, 0.1) is 15.5 Å². The number of nitrogens with zero attached hydrogens (tertiary/aromatic N) is 1. The van der Waals surface area contributed by atoms with E-state index in [-0.39, 0.29) is 16.7 Å². The molecule has 0 bridgehead atoms. The van der Waals surface area contributed by atoms with Crippen molar-refractivity contribution in [3.8, 4) is 0 Å². The monoisotopic (exact) mass is 290 g/mol. The summed E-state index contributed by atoms with van der Waals surface area (Å²) in [4.78, 5) is 10.6. The smallest absolute Gasteiger partial charge is 0.269 e. The molecule has 0 spiro atoms. The van der Waals surface area contributed by atoms with Crippen molar-refractivity contribution in [1.29, 1.82) is 0 Å². The first kappa shape index (κ1) is 16.0. The second-order valence-electron chi connectivity index (χ2n) is 6.94. The Hall–Kier alpha value is -1.42. The van der Waals surface area contributed by atoms with E-state index < -0.39 is 0 Å². The number of benzene rings is 1. The highest BCUT2D eigenvalue weighted by Gasteiger charge is 2.29. The molecule has 1 N–H and O–H groups in total. The highest BCUT2D eigenvalue weighted by Crippen LogP contribution is 2.36. The Bertz CT molecular complexity index is 499. The Morgan fingerprint density at radius 3 is 2.86 bits per heavy atom. The van der Waals surface area contributed by atoms with Crippen LogP contribution in [0.3, 0.4) is 0 Å². The molecule has 0 heterocycles. The molecule has 1 saturated carbocycles. The maximum Gasteiger partial charge on any atom is 0.269 e. The minimum absolute atomic E-state index is 0.178. The van der Waals surface area contributed by atoms with E-state index in [2.05, 4.69) is 26.1 Å². The van der Waals surface area contributed by atoms with Crippen LogP contribution in [0.5, 0.6) is 0 Å². The van der Waals surface area contributed by atoms with Crippen LogP contribution in [-0.4, -0.2) is 11.0 Å². The third-order valence-corrected chi connectivity index (χ3v) is 4.53. The quantitative estimate of drug-likeness (QED) is 0.636. The van der Waals surface area contributed by atoms with Gasteiger partial charge in [-0.15, -0.1) is 0 Å². The van der Waals surface area contributed by atoms with Crippen molar-refractivity contribution >= 4 is 5.69 Å². The predicted octanol–water partition coefficient (Wildman–Crippen LogP) is 4.60. The van der Waals surface area contributed by atoms with Gasteiger partial charge in [-0.3, -0.25) is 10.1 Å². The van der Waals surface area contributed by atoms with Crippen LogP contribution in [0.1, 0.15) is 64.5 Å². The fourth-order valence-corrected chi connectivity index (χ4v) is 3.43. The SMILES string of the molecule is CCC(NC1CCCC(C)(C)C1)c1cccc([N+](=O)[O-])c1. The molecule has 4 heteroatoms. The van der Waals surface area contributed by atoms with Crippen molar-refractivity contribution < 1.29 is 4.92 Å². The van der Waals surface area contributed by atoms with Crippen molar-refractivity contribution in [3.05, 3.63) is 39.9 Å². The van der Waals surface area contributed by atoms with Crippen molar-refractivity contribution in [2.45, 2.75) is 65.0 Å². The zero-order valence-corrected chi connectivity index (χ0v) is 13.3. The minimum Gasteiger partial charge on any atom is -0.307 e. The molecule has 1 aromatic rings. The highest BCUT2D eigenvalue weighted by atomic mass is 16.6. The summed E-state index contributed by atoms with van der Waals surface area (Å²) in [5.41, 5.74) is 1.60. The molecule has 2 unspecified atom stereocenters. The third-order valence-electron chi connectivity index (χ3n) is 4.53. The van der Waals surface area contributed by atoms with E-state index in [9.17, 15) is 10.1 Å². The maximum absolute atomic E-state index is 10.9. The van der Waals surface area contributed by atoms with Crippen LogP contribution in [-0.2, 0) is 0 Å². The van der Waals surface area contributed by atoms with Crippen LogP contribution < -0.4 is 5.32 Å². The second-order valence-corrected chi connectivity index (χ2v) is 6.94. The van der Waals surface area contributed by atoms with Gasteiger partial charge in [-0.1, -0.05) is 39.3 Å². The van der Waals surface area contributed by atoms with Gasteiger partial charge in [0.05, 0.1) is 4.92 Å². The van der Waals surface area contributed by atoms with Crippen LogP contribution in [0.2, 0.25) is 0 Å². The normalized spacial score (nSPS) is 22.7. The fourth-order valence-electron chi connectivity index (χ4n) is 3.43. The van der Waals surface area contributed by atoms with Crippen LogP contribution in [0.4, 0.5) is 5.69 Å². The summed E-state index contributed by atoms with van der Waals surface area (Å²) in [6.07, 6.45) is 5.88. The van der Waals surface area contributed by atoms with Crippen LogP contribution in [0.15, 0.2) is 24.3 Å². The summed E-state index contributed by atoms with van der Waals surface area (Å²) in [7, 11) is 0. The van der Waals surface area contributed by atoms with Crippen LogP contribution >= 0.6 is 0 Å². The number of rotatable bonds is 5. The number of nitro benzene ring substituents is 1. The van der Waals surface area contributed by atoms with Gasteiger partial charge in [-0.25, -0.2) is 0 Å². The van der Waals surface area contributed by atoms with Gasteiger partial charge in [0.1, 0.15) is 0 Å². The molecule has 4 nitrogen and oxygen atoms in total. The molecule has 1 aromatic carbocycles. The molecular formula is C17H26N2O2. The number of non-ortho nitro benzene ring substituents is 1. The molecule has 0 aromatic heterocycles. The standard InChI is InChI=1S/C17H26N2O2/c1-4-16(13-7-5-9-15(11-13)19(20)21)18-14-8-6-10-17(2,3)12-14/h5,7,9,11,14,16,18H,4,6,8,10,12H2,1-3H3. The van der Waals surface area contributed by atoms with Gasteiger partial charge < -0.3 is 5.32 Å². The number of hydrogen-bond donors (Lipinski definition) is 1. The summed E-state index contributed by atoms with van der Waals surface area (Å²) in [5, 5.41) is 14.6. The molecule has 21 heavy (non-hydrogen) atoms. The molecular weight excluding hydrogens is 264 g/mol. The fraction of sp³-hybridized carbons (Fsp3) is 0.647. The van der Waals surface area contributed by atoms with Crippen molar-refractivity contribution in [2.24, 2.45) is 5.41 Å². The average molecular weight is 290 g/mol. The Morgan fingerprint density at radius 2 is 2.24 bits per heavy atom. The Morgan fingerprint density at radius 1 is 1.48 bits per heavy atom. The second kappa shape index (κ2) is 6.56. The third kappa shape index (κ3) is 4.27. The first-order valence-electron chi connectivity index (χ1n) is 7.92. The van der Waals surface area contributed by atoms with Gasteiger partial charge in [0, 0.05) is 24.2 Å². The lowest BCUT2D eigenvalue weighted by molar-refractivity contribution is -0.384. The highest BCUT2D eigenvalue weighted by molar-refractivity contribution is 5.35. The van der Waals surface area contributed by atoms with E-state index in [1.165, 1.54) is 25.7 Å². The molecule has 1 aliphatic rings. The Kier molecular flexibility index (Phi) is 4.99. The lowest BCUT2D eigenvalue weighted by Gasteiger charge is -2.37. The lowest BCUT2D eigenvalue weighted by atomic mass is 9.75. The number of hydrogen-bond acceptors (Lipinski definition) is 3. The molecule has 116 valence electrons. The van der Waals surface area contributed by atoms with Gasteiger partial charge in [0.15, 0.2) is 0 Å². The minimum atomic E-state index is -0.320. The predicted molar refractivity (Wildman–Crippen MR) is 85.3 cm³/mol. The van der Waals surface area contributed by atoms with Crippen molar-refractivity contribution in [3.63, 3.8) is 0 Å². The van der Waals surface area contributed by atoms with Crippen molar-refractivity contribution in [2.75, 3.05) is 0 Å². The van der Waals surface area contributed by atoms with Crippen LogP contribution in [0.25, 0.3) is 0 Å². The molecule has 0 amide bonds. The van der Waals surface area contributed by atoms with E-state index in [1.807, 2.05) is 6.07 Å². The summed E-state index contributed by atoms with van der Waals surface area (Å²) in [6.45, 7) is 6.79. The summed E-state index contributed by atoms with van der Waals surface area (Å²) < 4.78 is 0. The van der Waals surface area contributed by atoms with E-state index in [4.69, 9.17) is 0 Å². The van der Waals surface area contributed by atoms with Crippen molar-refractivity contribution in [1.82, 2.24) is 5.32 Å². The average Bonchev–Trinajstić information content (AvgIpc) is 2.44. The van der Waals surface area contributed by atoms with Gasteiger partial charge in [0.25, 0.3) is 5.69 Å². The zero-order chi connectivity index (χ0) is 15.5. The first-order chi connectivity index (χ1) is 9.91. The molecule has 2 rings (SSSR count). The molecule has 0 saturated heterocycles. The van der Waals surface area contributed by atoms with E-state index in [1.54, 1.807) is 18.2 Å². The lowest BCUT2D eigenvalue weighted by Crippen LogP contribution is -2.39. The largest absolute Gasteiger partial charge is 0.307 e. The van der Waals surface area contributed by atoms with Gasteiger partial charge in [-0.2, -0.15) is 0 Å². The molecule has 2 atom stereocenters. The topological polar surface area (TPSA) is 55.2 Å². The molecule has 0 aliphatic heterocycles. The number of nitro groups is 1. The molecule has 1 aliphatic carbocycles. The maximum atomic E-state index is 10.9. The van der Waals surface area contributed by atoms with Gasteiger partial charge >= 0.3 is 0 Å². The van der Waals surface area contributed by atoms with E-state index >= 15 is 0 Å². The Balaban J connectivity index is 2.09. The molecule has 0 radical (unpaired) electrons. The van der Waals surface area contributed by atoms with E-state index in [0.717, 1.165) is 12.0 Å². The van der Waals surface area contributed by atoms with Gasteiger partial charge in [-0.05, 0) is 36.7 Å². The van der Waals surface area contributed by atoms with Gasteiger partial charge in [0.2, 0.25) is 0 Å². The Labute approximate surface area is 127 Å². The summed E-state index contributed by atoms with van der Waals surface area (Å²) in [6, 6.07) is 7.74. The number of nitrogens with one attached hydrogen (secondary N) is 1. The molecule has 1 fully saturated rings. The summed E-state index contributed by atoms with van der Waals surface area (Å²) in [5.74, 6) is 0. The summed E-state index contributed by atoms with van der Waals surface area (Å²) >= 11 is 0. The zero-order valence-electron chi connectivity index (χ0n) is 13.3. The first-order valence-corrected chi connectivity index (χ1v) is 7.92.